The summed E-state index contributed by atoms with van der Waals surface area (Å²) in [5.41, 5.74) is 1.71. The molecule has 1 aromatic carbocycles. The van der Waals surface area contributed by atoms with E-state index in [9.17, 15) is 9.59 Å². The van der Waals surface area contributed by atoms with E-state index < -0.39 is 5.97 Å². The largest absolute Gasteiger partial charge is 0.467 e. The monoisotopic (exact) mass is 414 g/mol. The molecular formula is C20H15ClN2O4S. The fourth-order valence-corrected chi connectivity index (χ4v) is 4.01. The van der Waals surface area contributed by atoms with E-state index in [0.717, 1.165) is 10.4 Å². The van der Waals surface area contributed by atoms with Crippen molar-refractivity contribution in [3.8, 4) is 10.4 Å². The first-order valence-corrected chi connectivity index (χ1v) is 9.74. The van der Waals surface area contributed by atoms with E-state index in [1.807, 2.05) is 18.2 Å². The van der Waals surface area contributed by atoms with Crippen molar-refractivity contribution >= 4 is 39.1 Å². The van der Waals surface area contributed by atoms with Crippen LogP contribution in [-0.2, 0) is 11.3 Å². The van der Waals surface area contributed by atoms with E-state index in [4.69, 9.17) is 20.8 Å². The number of nitrogens with zero attached hydrogens (tertiary/aromatic N) is 2. The minimum absolute atomic E-state index is 0.0943. The zero-order valence-corrected chi connectivity index (χ0v) is 16.4. The number of fused-ring (bicyclic) bond motifs is 1. The van der Waals surface area contributed by atoms with Crippen LogP contribution in [0, 0.1) is 0 Å². The number of aromatic nitrogens is 2. The van der Waals surface area contributed by atoms with Gasteiger partial charge < -0.3 is 9.15 Å². The Morgan fingerprint density at radius 1 is 1.29 bits per heavy atom. The third kappa shape index (κ3) is 3.46. The number of rotatable bonds is 5. The van der Waals surface area contributed by atoms with Gasteiger partial charge in [0.25, 0.3) is 5.56 Å². The van der Waals surface area contributed by atoms with Crippen LogP contribution in [0.15, 0.2) is 58.2 Å². The molecule has 0 spiro atoms. The minimum atomic E-state index is -0.477. The lowest BCUT2D eigenvalue weighted by molar-refractivity contribution is 0.0523. The summed E-state index contributed by atoms with van der Waals surface area (Å²) >= 11 is 7.31. The number of hydrogen-bond donors (Lipinski definition) is 0. The first-order chi connectivity index (χ1) is 13.6. The maximum Gasteiger partial charge on any atom is 0.341 e. The van der Waals surface area contributed by atoms with Crippen LogP contribution in [0.25, 0.3) is 20.7 Å². The van der Waals surface area contributed by atoms with E-state index in [1.54, 1.807) is 19.1 Å². The van der Waals surface area contributed by atoms with Crippen molar-refractivity contribution in [3.63, 3.8) is 0 Å². The molecule has 4 rings (SSSR count). The SMILES string of the molecule is CCOC(=O)c1ccoc1Cn1cnc2cc(-c3ccc(Cl)cc3)sc2c1=O. The van der Waals surface area contributed by atoms with Gasteiger partial charge in [0, 0.05) is 9.90 Å². The third-order valence-electron chi connectivity index (χ3n) is 4.19. The lowest BCUT2D eigenvalue weighted by atomic mass is 10.2. The summed E-state index contributed by atoms with van der Waals surface area (Å²) in [6.45, 7) is 2.09. The summed E-state index contributed by atoms with van der Waals surface area (Å²) in [6.07, 6.45) is 2.86. The van der Waals surface area contributed by atoms with Crippen molar-refractivity contribution in [1.82, 2.24) is 9.55 Å². The van der Waals surface area contributed by atoms with Crippen LogP contribution in [0.1, 0.15) is 23.0 Å². The number of hydrogen-bond acceptors (Lipinski definition) is 6. The second-order valence-electron chi connectivity index (χ2n) is 5.99. The van der Waals surface area contributed by atoms with Gasteiger partial charge in [0.05, 0.1) is 31.3 Å². The second-order valence-corrected chi connectivity index (χ2v) is 7.48. The molecule has 0 fully saturated rings. The van der Waals surface area contributed by atoms with Gasteiger partial charge >= 0.3 is 5.97 Å². The van der Waals surface area contributed by atoms with E-state index in [2.05, 4.69) is 4.98 Å². The fraction of sp³-hybridized carbons (Fsp3) is 0.150. The lowest BCUT2D eigenvalue weighted by Crippen LogP contribution is -2.21. The highest BCUT2D eigenvalue weighted by molar-refractivity contribution is 7.22. The predicted molar refractivity (Wildman–Crippen MR) is 108 cm³/mol. The molecule has 3 heterocycles. The molecule has 0 aliphatic heterocycles. The van der Waals surface area contributed by atoms with Gasteiger partial charge in [-0.3, -0.25) is 9.36 Å². The number of carbonyl (C=O) groups is 1. The molecule has 8 heteroatoms. The van der Waals surface area contributed by atoms with Crippen molar-refractivity contribution in [3.05, 3.63) is 75.7 Å². The summed E-state index contributed by atoms with van der Waals surface area (Å²) in [5.74, 6) is -0.120. The lowest BCUT2D eigenvalue weighted by Gasteiger charge is -2.05. The molecule has 0 N–H and O–H groups in total. The average molecular weight is 415 g/mol. The molecule has 6 nitrogen and oxygen atoms in total. The maximum absolute atomic E-state index is 12.9. The Hall–Kier alpha value is -2.90. The van der Waals surface area contributed by atoms with Crippen LogP contribution in [-0.4, -0.2) is 22.1 Å². The standard InChI is InChI=1S/C20H15ClN2O4S/c1-2-26-20(25)14-7-8-27-16(14)10-23-11-22-15-9-17(28-18(15)19(23)24)12-3-5-13(21)6-4-12/h3-9,11H,2,10H2,1H3. The molecule has 4 aromatic rings. The topological polar surface area (TPSA) is 74.3 Å². The molecular weight excluding hydrogens is 400 g/mol. The average Bonchev–Trinajstić information content (AvgIpc) is 3.32. The number of carbonyl (C=O) groups excluding carboxylic acids is 1. The molecule has 0 saturated carbocycles. The van der Waals surface area contributed by atoms with Crippen molar-refractivity contribution in [1.29, 1.82) is 0 Å². The Bertz CT molecular complexity index is 1210. The molecule has 0 bridgehead atoms. The van der Waals surface area contributed by atoms with Crippen molar-refractivity contribution in [2.75, 3.05) is 6.61 Å². The van der Waals surface area contributed by atoms with Gasteiger partial charge in [-0.25, -0.2) is 9.78 Å². The molecule has 0 amide bonds. The van der Waals surface area contributed by atoms with E-state index in [-0.39, 0.29) is 18.7 Å². The van der Waals surface area contributed by atoms with Gasteiger partial charge in [0.1, 0.15) is 16.0 Å². The number of furan rings is 1. The van der Waals surface area contributed by atoms with Gasteiger partial charge in [-0.1, -0.05) is 23.7 Å². The number of halogens is 1. The van der Waals surface area contributed by atoms with Gasteiger partial charge in [-0.05, 0) is 36.8 Å². The van der Waals surface area contributed by atoms with Crippen molar-refractivity contribution in [2.24, 2.45) is 0 Å². The zero-order chi connectivity index (χ0) is 19.7. The van der Waals surface area contributed by atoms with Crippen LogP contribution in [0.5, 0.6) is 0 Å². The molecule has 0 aliphatic rings. The number of benzene rings is 1. The highest BCUT2D eigenvalue weighted by Crippen LogP contribution is 2.31. The van der Waals surface area contributed by atoms with Crippen LogP contribution in [0.3, 0.4) is 0 Å². The fourth-order valence-electron chi connectivity index (χ4n) is 2.82. The van der Waals surface area contributed by atoms with Crippen LogP contribution >= 0.6 is 22.9 Å². The number of ether oxygens (including phenoxy) is 1. The summed E-state index contributed by atoms with van der Waals surface area (Å²) in [6, 6.07) is 10.8. The van der Waals surface area contributed by atoms with Crippen LogP contribution in [0.4, 0.5) is 0 Å². The Morgan fingerprint density at radius 3 is 2.82 bits per heavy atom. The molecule has 142 valence electrons. The highest BCUT2D eigenvalue weighted by Gasteiger charge is 2.18. The van der Waals surface area contributed by atoms with Gasteiger partial charge in [0.15, 0.2) is 0 Å². The molecule has 0 saturated heterocycles. The summed E-state index contributed by atoms with van der Waals surface area (Å²) in [5, 5.41) is 0.654. The van der Waals surface area contributed by atoms with Crippen molar-refractivity contribution < 1.29 is 13.9 Å². The molecule has 0 unspecified atom stereocenters. The quantitative estimate of drug-likeness (QED) is 0.446. The molecule has 3 aromatic heterocycles. The van der Waals surface area contributed by atoms with Gasteiger partial charge in [-0.2, -0.15) is 0 Å². The molecule has 0 aliphatic carbocycles. The summed E-state index contributed by atoms with van der Waals surface area (Å²) in [7, 11) is 0. The first-order valence-electron chi connectivity index (χ1n) is 8.55. The third-order valence-corrected chi connectivity index (χ3v) is 5.60. The van der Waals surface area contributed by atoms with E-state index in [1.165, 1.54) is 34.6 Å². The van der Waals surface area contributed by atoms with E-state index >= 15 is 0 Å². The Kier molecular flexibility index (Phi) is 5.02. The number of esters is 1. The first kappa shape index (κ1) is 18.5. The smallest absolute Gasteiger partial charge is 0.341 e. The normalized spacial score (nSPS) is 11.1. The molecule has 28 heavy (non-hydrogen) atoms. The summed E-state index contributed by atoms with van der Waals surface area (Å²) in [4.78, 5) is 30.2. The Labute approximate surface area is 169 Å². The molecule has 0 radical (unpaired) electrons. The van der Waals surface area contributed by atoms with Crippen molar-refractivity contribution in [2.45, 2.75) is 13.5 Å². The van der Waals surface area contributed by atoms with Gasteiger partial charge in [0.2, 0.25) is 0 Å². The second kappa shape index (κ2) is 7.61. The highest BCUT2D eigenvalue weighted by atomic mass is 35.5. The van der Waals surface area contributed by atoms with Crippen LogP contribution < -0.4 is 5.56 Å². The Balaban J connectivity index is 1.69. The summed E-state index contributed by atoms with van der Waals surface area (Å²) < 4.78 is 12.4. The van der Waals surface area contributed by atoms with Crippen LogP contribution in [0.2, 0.25) is 5.02 Å². The van der Waals surface area contributed by atoms with Gasteiger partial charge in [-0.15, -0.1) is 11.3 Å². The Morgan fingerprint density at radius 2 is 2.07 bits per heavy atom. The number of thiophene rings is 1. The molecule has 0 atom stereocenters. The predicted octanol–water partition coefficient (Wildman–Crippen LogP) is 4.60. The van der Waals surface area contributed by atoms with E-state index in [0.29, 0.717) is 26.6 Å². The maximum atomic E-state index is 12.9. The minimum Gasteiger partial charge on any atom is -0.467 e. The zero-order valence-electron chi connectivity index (χ0n) is 14.8.